The first kappa shape index (κ1) is 17.1. The smallest absolute Gasteiger partial charge is 0.275 e. The first-order chi connectivity index (χ1) is 13.2. The summed E-state index contributed by atoms with van der Waals surface area (Å²) >= 11 is 0. The molecule has 27 heavy (non-hydrogen) atoms. The Bertz CT molecular complexity index is 972. The van der Waals surface area contributed by atoms with Gasteiger partial charge in [0.1, 0.15) is 5.75 Å². The highest BCUT2D eigenvalue weighted by Crippen LogP contribution is 2.42. The van der Waals surface area contributed by atoms with Crippen LogP contribution in [-0.2, 0) is 6.42 Å². The lowest BCUT2D eigenvalue weighted by Crippen LogP contribution is -2.36. The number of anilines is 1. The Morgan fingerprint density at radius 2 is 1.74 bits per heavy atom. The van der Waals surface area contributed by atoms with Crippen molar-refractivity contribution in [1.29, 1.82) is 0 Å². The van der Waals surface area contributed by atoms with Gasteiger partial charge in [0, 0.05) is 18.3 Å². The van der Waals surface area contributed by atoms with Crippen LogP contribution in [0.2, 0.25) is 0 Å². The van der Waals surface area contributed by atoms with Crippen LogP contribution >= 0.6 is 0 Å². The second kappa shape index (κ2) is 7.11. The summed E-state index contributed by atoms with van der Waals surface area (Å²) < 4.78 is 5.37. The van der Waals surface area contributed by atoms with Crippen molar-refractivity contribution in [1.82, 2.24) is 0 Å². The van der Waals surface area contributed by atoms with Crippen LogP contribution in [-0.4, -0.2) is 18.6 Å². The Kier molecular flexibility index (Phi) is 4.50. The van der Waals surface area contributed by atoms with Crippen molar-refractivity contribution in [3.05, 3.63) is 99.6 Å². The van der Waals surface area contributed by atoms with E-state index in [4.69, 9.17) is 4.74 Å². The third-order valence-corrected chi connectivity index (χ3v) is 5.09. The lowest BCUT2D eigenvalue weighted by atomic mass is 9.87. The molecule has 1 aliphatic rings. The molecule has 0 N–H and O–H groups in total. The van der Waals surface area contributed by atoms with Crippen molar-refractivity contribution in [2.24, 2.45) is 0 Å². The van der Waals surface area contributed by atoms with Gasteiger partial charge < -0.3 is 9.64 Å². The summed E-state index contributed by atoms with van der Waals surface area (Å²) in [7, 11) is 1.65. The van der Waals surface area contributed by atoms with E-state index in [9.17, 15) is 10.1 Å². The molecule has 1 atom stereocenters. The minimum absolute atomic E-state index is 0.145. The summed E-state index contributed by atoms with van der Waals surface area (Å²) in [4.78, 5) is 13.6. The molecule has 0 bridgehead atoms. The molecule has 1 heterocycles. The van der Waals surface area contributed by atoms with E-state index in [0.717, 1.165) is 30.0 Å². The zero-order valence-corrected chi connectivity index (χ0v) is 15.0. The van der Waals surface area contributed by atoms with Crippen molar-refractivity contribution in [3.8, 4) is 5.75 Å². The van der Waals surface area contributed by atoms with Gasteiger partial charge in [-0.15, -0.1) is 0 Å². The number of nitrogens with zero attached hydrogens (tertiary/aromatic N) is 2. The van der Waals surface area contributed by atoms with Gasteiger partial charge in [-0.1, -0.05) is 36.4 Å². The Labute approximate surface area is 158 Å². The molecule has 5 nitrogen and oxygen atoms in total. The average molecular weight is 360 g/mol. The van der Waals surface area contributed by atoms with Crippen LogP contribution in [0.3, 0.4) is 0 Å². The van der Waals surface area contributed by atoms with E-state index >= 15 is 0 Å². The van der Waals surface area contributed by atoms with Crippen LogP contribution in [0.1, 0.15) is 22.7 Å². The molecule has 0 amide bonds. The molecule has 3 aromatic rings. The molecule has 5 heteroatoms. The van der Waals surface area contributed by atoms with E-state index in [1.807, 2.05) is 48.5 Å². The number of benzene rings is 3. The van der Waals surface area contributed by atoms with Gasteiger partial charge in [0.05, 0.1) is 23.6 Å². The molecule has 0 saturated carbocycles. The van der Waals surface area contributed by atoms with Crippen LogP contribution in [0.4, 0.5) is 11.4 Å². The Balaban J connectivity index is 1.91. The largest absolute Gasteiger partial charge is 0.497 e. The number of nitro benzene ring substituents is 1. The van der Waals surface area contributed by atoms with Crippen LogP contribution < -0.4 is 9.64 Å². The number of para-hydroxylation sites is 2. The van der Waals surface area contributed by atoms with Crippen molar-refractivity contribution in [2.45, 2.75) is 12.5 Å². The van der Waals surface area contributed by atoms with Gasteiger partial charge in [-0.3, -0.25) is 10.1 Å². The molecular weight excluding hydrogens is 340 g/mol. The maximum absolute atomic E-state index is 11.7. The van der Waals surface area contributed by atoms with E-state index in [-0.39, 0.29) is 16.7 Å². The number of fused-ring (bicyclic) bond motifs is 1. The molecule has 3 aromatic carbocycles. The molecule has 1 unspecified atom stereocenters. The summed E-state index contributed by atoms with van der Waals surface area (Å²) in [6.07, 6.45) is 0.860. The van der Waals surface area contributed by atoms with Gasteiger partial charge in [0.2, 0.25) is 0 Å². The Morgan fingerprint density at radius 1 is 1.00 bits per heavy atom. The fourth-order valence-electron chi connectivity index (χ4n) is 3.85. The number of hydrogen-bond donors (Lipinski definition) is 0. The first-order valence-corrected chi connectivity index (χ1v) is 8.91. The lowest BCUT2D eigenvalue weighted by molar-refractivity contribution is -0.385. The van der Waals surface area contributed by atoms with Gasteiger partial charge in [-0.25, -0.2) is 0 Å². The maximum atomic E-state index is 11.7. The van der Waals surface area contributed by atoms with E-state index in [1.165, 1.54) is 5.56 Å². The number of hydrogen-bond acceptors (Lipinski definition) is 4. The second-order valence-corrected chi connectivity index (χ2v) is 6.56. The van der Waals surface area contributed by atoms with Crippen LogP contribution in [0.5, 0.6) is 5.75 Å². The molecule has 0 fully saturated rings. The zero-order chi connectivity index (χ0) is 18.8. The minimum atomic E-state index is -0.295. The predicted octanol–water partition coefficient (Wildman–Crippen LogP) is 4.76. The highest BCUT2D eigenvalue weighted by molar-refractivity contribution is 5.60. The highest BCUT2D eigenvalue weighted by Gasteiger charge is 2.33. The highest BCUT2D eigenvalue weighted by atomic mass is 16.6. The summed E-state index contributed by atoms with van der Waals surface area (Å²) in [6.45, 7) is 0.779. The molecule has 4 rings (SSSR count). The van der Waals surface area contributed by atoms with Crippen molar-refractivity contribution in [2.75, 3.05) is 18.6 Å². The van der Waals surface area contributed by atoms with Gasteiger partial charge in [-0.2, -0.15) is 0 Å². The van der Waals surface area contributed by atoms with Crippen molar-refractivity contribution >= 4 is 11.4 Å². The normalized spacial score (nSPS) is 15.9. The van der Waals surface area contributed by atoms with E-state index in [1.54, 1.807) is 19.2 Å². The third-order valence-electron chi connectivity index (χ3n) is 5.09. The maximum Gasteiger partial charge on any atom is 0.275 e. The molecule has 136 valence electrons. The van der Waals surface area contributed by atoms with E-state index < -0.39 is 0 Å². The number of methoxy groups -OCH3 is 1. The molecule has 0 aromatic heterocycles. The average Bonchev–Trinajstić information content (AvgIpc) is 2.73. The van der Waals surface area contributed by atoms with E-state index in [2.05, 4.69) is 17.0 Å². The lowest BCUT2D eigenvalue weighted by Gasteiger charge is -2.39. The van der Waals surface area contributed by atoms with E-state index in [0.29, 0.717) is 5.56 Å². The molecule has 0 saturated heterocycles. The topological polar surface area (TPSA) is 55.6 Å². The molecule has 0 spiro atoms. The summed E-state index contributed by atoms with van der Waals surface area (Å²) in [5.41, 5.74) is 4.16. The Morgan fingerprint density at radius 3 is 2.48 bits per heavy atom. The quantitative estimate of drug-likeness (QED) is 0.497. The second-order valence-electron chi connectivity index (χ2n) is 6.56. The SMILES string of the molecule is COc1ccc2c(c1)CCN(c1ccccc1)C2c1ccccc1[N+](=O)[O-]. The number of rotatable bonds is 4. The van der Waals surface area contributed by atoms with Crippen LogP contribution in [0, 0.1) is 10.1 Å². The monoisotopic (exact) mass is 360 g/mol. The predicted molar refractivity (Wildman–Crippen MR) is 105 cm³/mol. The molecular formula is C22H20N2O3. The fourth-order valence-corrected chi connectivity index (χ4v) is 3.85. The van der Waals surface area contributed by atoms with Gasteiger partial charge >= 0.3 is 0 Å². The Hall–Kier alpha value is -3.34. The molecule has 0 radical (unpaired) electrons. The number of nitro groups is 1. The van der Waals surface area contributed by atoms with Gasteiger partial charge in [0.15, 0.2) is 0 Å². The summed E-state index contributed by atoms with van der Waals surface area (Å²) in [5.74, 6) is 0.809. The summed E-state index contributed by atoms with van der Waals surface area (Å²) in [6, 6.07) is 22.9. The zero-order valence-electron chi connectivity index (χ0n) is 15.0. The first-order valence-electron chi connectivity index (χ1n) is 8.91. The third kappa shape index (κ3) is 3.12. The van der Waals surface area contributed by atoms with Gasteiger partial charge in [0.25, 0.3) is 5.69 Å². The minimum Gasteiger partial charge on any atom is -0.497 e. The standard InChI is InChI=1S/C22H20N2O3/c1-27-18-11-12-19-16(15-18)13-14-23(17-7-3-2-4-8-17)22(19)20-9-5-6-10-21(20)24(25)26/h2-12,15,22H,13-14H2,1H3. The van der Waals surface area contributed by atoms with Gasteiger partial charge in [-0.05, 0) is 47.9 Å². The fraction of sp³-hybridized carbons (Fsp3) is 0.182. The van der Waals surface area contributed by atoms with Crippen LogP contribution in [0.25, 0.3) is 0 Å². The number of ether oxygens (including phenoxy) is 1. The summed E-state index contributed by atoms with van der Waals surface area (Å²) in [5, 5.41) is 11.7. The van der Waals surface area contributed by atoms with Crippen LogP contribution in [0.15, 0.2) is 72.8 Å². The van der Waals surface area contributed by atoms with Crippen molar-refractivity contribution < 1.29 is 9.66 Å². The van der Waals surface area contributed by atoms with Crippen molar-refractivity contribution in [3.63, 3.8) is 0 Å². The molecule has 1 aliphatic heterocycles. The molecule has 0 aliphatic carbocycles.